The van der Waals surface area contributed by atoms with Crippen molar-refractivity contribution in [1.82, 2.24) is 14.1 Å². The Kier molecular flexibility index (Phi) is 6.40. The molecule has 1 heterocycles. The van der Waals surface area contributed by atoms with Crippen LogP contribution in [-0.2, 0) is 16.6 Å². The predicted molar refractivity (Wildman–Crippen MR) is 81.3 cm³/mol. The van der Waals surface area contributed by atoms with E-state index in [0.29, 0.717) is 37.3 Å². The topological polar surface area (TPSA) is 75.4 Å². The van der Waals surface area contributed by atoms with Crippen molar-refractivity contribution in [2.45, 2.75) is 45.1 Å². The van der Waals surface area contributed by atoms with Crippen LogP contribution in [0.4, 0.5) is 0 Å². The Morgan fingerprint density at radius 2 is 2.10 bits per heavy atom. The summed E-state index contributed by atoms with van der Waals surface area (Å²) < 4.78 is 28.5. The van der Waals surface area contributed by atoms with E-state index in [1.54, 1.807) is 18.5 Å². The number of aryl methyl sites for hydroxylation is 2. The van der Waals surface area contributed by atoms with Gasteiger partial charge in [-0.05, 0) is 26.7 Å². The van der Waals surface area contributed by atoms with Crippen molar-refractivity contribution < 1.29 is 13.5 Å². The minimum absolute atomic E-state index is 0.0412. The number of hydrogen-bond acceptors (Lipinski definition) is 4. The summed E-state index contributed by atoms with van der Waals surface area (Å²) in [6.07, 6.45) is 6.50. The molecule has 0 radical (unpaired) electrons. The Labute approximate surface area is 126 Å². The molecule has 0 aliphatic rings. The van der Waals surface area contributed by atoms with Crippen LogP contribution in [0.25, 0.3) is 0 Å². The molecule has 0 saturated heterocycles. The van der Waals surface area contributed by atoms with Gasteiger partial charge in [-0.1, -0.05) is 12.8 Å². The molecule has 6 nitrogen and oxygen atoms in total. The van der Waals surface area contributed by atoms with E-state index in [-0.39, 0.29) is 18.0 Å². The molecule has 118 valence electrons. The molecular weight excluding hydrogens is 290 g/mol. The fraction of sp³-hybridized carbons (Fsp3) is 0.643. The summed E-state index contributed by atoms with van der Waals surface area (Å²) in [7, 11) is -3.65. The summed E-state index contributed by atoms with van der Waals surface area (Å²) in [6.45, 7) is 6.27. The van der Waals surface area contributed by atoms with Crippen LogP contribution in [-0.4, -0.2) is 47.3 Å². The van der Waals surface area contributed by atoms with Gasteiger partial charge in [0, 0.05) is 19.7 Å². The van der Waals surface area contributed by atoms with Crippen molar-refractivity contribution in [2.75, 3.05) is 19.7 Å². The highest BCUT2D eigenvalue weighted by Crippen LogP contribution is 2.23. The lowest BCUT2D eigenvalue weighted by atomic mass is 10.4. The lowest BCUT2D eigenvalue weighted by Gasteiger charge is -2.19. The number of terminal acetylenes is 1. The summed E-state index contributed by atoms with van der Waals surface area (Å²) in [5.41, 5.74) is 1.04. The molecule has 0 saturated carbocycles. The minimum atomic E-state index is -3.65. The highest BCUT2D eigenvalue weighted by molar-refractivity contribution is 7.89. The summed E-state index contributed by atoms with van der Waals surface area (Å²) in [6, 6.07) is 0. The van der Waals surface area contributed by atoms with Crippen LogP contribution in [0.1, 0.15) is 31.2 Å². The van der Waals surface area contributed by atoms with Crippen LogP contribution in [0, 0.1) is 26.2 Å². The molecule has 0 atom stereocenters. The maximum atomic E-state index is 12.8. The molecule has 21 heavy (non-hydrogen) atoms. The first kappa shape index (κ1) is 17.7. The number of hydrogen-bond donors (Lipinski definition) is 1. The predicted octanol–water partition coefficient (Wildman–Crippen LogP) is 0.916. The lowest BCUT2D eigenvalue weighted by molar-refractivity contribution is 0.276. The van der Waals surface area contributed by atoms with Crippen molar-refractivity contribution in [1.29, 1.82) is 0 Å². The molecule has 1 aromatic rings. The standard InChI is InChI=1S/C14H23N3O3S/c1-5-8-16(9-6-2)21(19,20)14-12(3)15-17(13(14)4)10-7-11-18/h1,18H,6-11H2,2-4H3. The average molecular weight is 313 g/mol. The molecular formula is C14H23N3O3S. The fourth-order valence-corrected chi connectivity index (χ4v) is 4.07. The van der Waals surface area contributed by atoms with Crippen molar-refractivity contribution in [2.24, 2.45) is 0 Å². The van der Waals surface area contributed by atoms with E-state index >= 15 is 0 Å². The first-order chi connectivity index (χ1) is 9.89. The highest BCUT2D eigenvalue weighted by Gasteiger charge is 2.29. The van der Waals surface area contributed by atoms with E-state index < -0.39 is 10.0 Å². The summed E-state index contributed by atoms with van der Waals surface area (Å²) in [5.74, 6) is 2.39. The van der Waals surface area contributed by atoms with Gasteiger partial charge in [-0.15, -0.1) is 6.42 Å². The molecule has 1 N–H and O–H groups in total. The van der Waals surface area contributed by atoms with Crippen molar-refractivity contribution >= 4 is 10.0 Å². The number of sulfonamides is 1. The molecule has 0 amide bonds. The van der Waals surface area contributed by atoms with Gasteiger partial charge in [0.2, 0.25) is 10.0 Å². The van der Waals surface area contributed by atoms with Crippen LogP contribution in [0.2, 0.25) is 0 Å². The zero-order valence-corrected chi connectivity index (χ0v) is 13.7. The van der Waals surface area contributed by atoms with Gasteiger partial charge in [0.1, 0.15) is 4.90 Å². The van der Waals surface area contributed by atoms with Gasteiger partial charge < -0.3 is 5.11 Å². The van der Waals surface area contributed by atoms with E-state index in [0.717, 1.165) is 0 Å². The Hall–Kier alpha value is -1.36. The largest absolute Gasteiger partial charge is 0.396 e. The Morgan fingerprint density at radius 1 is 1.43 bits per heavy atom. The van der Waals surface area contributed by atoms with Crippen LogP contribution in [0.15, 0.2) is 4.90 Å². The summed E-state index contributed by atoms with van der Waals surface area (Å²) >= 11 is 0. The van der Waals surface area contributed by atoms with Gasteiger partial charge in [0.05, 0.1) is 17.9 Å². The second kappa shape index (κ2) is 7.59. The molecule has 1 rings (SSSR count). The maximum Gasteiger partial charge on any atom is 0.247 e. The third-order valence-corrected chi connectivity index (χ3v) is 5.28. The number of aliphatic hydroxyl groups excluding tert-OH is 1. The fourth-order valence-electron chi connectivity index (χ4n) is 2.26. The first-order valence-corrected chi connectivity index (χ1v) is 8.42. The number of aromatic nitrogens is 2. The number of nitrogens with zero attached hydrogens (tertiary/aromatic N) is 3. The van der Waals surface area contributed by atoms with E-state index in [2.05, 4.69) is 11.0 Å². The second-order valence-corrected chi connectivity index (χ2v) is 6.72. The third kappa shape index (κ3) is 3.84. The molecule has 7 heteroatoms. The van der Waals surface area contributed by atoms with Gasteiger partial charge in [-0.2, -0.15) is 9.40 Å². The zero-order chi connectivity index (χ0) is 16.0. The zero-order valence-electron chi connectivity index (χ0n) is 12.8. The van der Waals surface area contributed by atoms with Gasteiger partial charge in [-0.3, -0.25) is 4.68 Å². The van der Waals surface area contributed by atoms with E-state index in [4.69, 9.17) is 11.5 Å². The number of aliphatic hydroxyl groups is 1. The number of rotatable bonds is 8. The van der Waals surface area contributed by atoms with Crippen molar-refractivity contribution in [3.8, 4) is 12.3 Å². The molecule has 1 aromatic heterocycles. The molecule has 0 fully saturated rings. The van der Waals surface area contributed by atoms with Crippen LogP contribution >= 0.6 is 0 Å². The van der Waals surface area contributed by atoms with Gasteiger partial charge in [0.15, 0.2) is 0 Å². The molecule has 0 spiro atoms. The monoisotopic (exact) mass is 313 g/mol. The van der Waals surface area contributed by atoms with Crippen molar-refractivity contribution in [3.63, 3.8) is 0 Å². The summed E-state index contributed by atoms with van der Waals surface area (Å²) in [5, 5.41) is 13.2. The SMILES string of the molecule is C#CCN(CCC)S(=O)(=O)c1c(C)nn(CCCO)c1C. The average Bonchev–Trinajstić information content (AvgIpc) is 2.71. The first-order valence-electron chi connectivity index (χ1n) is 6.98. The molecule has 0 bridgehead atoms. The van der Waals surface area contributed by atoms with Crippen LogP contribution in [0.3, 0.4) is 0 Å². The van der Waals surface area contributed by atoms with Crippen LogP contribution in [0.5, 0.6) is 0 Å². The van der Waals surface area contributed by atoms with E-state index in [9.17, 15) is 8.42 Å². The molecule has 0 aliphatic carbocycles. The summed E-state index contributed by atoms with van der Waals surface area (Å²) in [4.78, 5) is 0.226. The van der Waals surface area contributed by atoms with Crippen molar-refractivity contribution in [3.05, 3.63) is 11.4 Å². The minimum Gasteiger partial charge on any atom is -0.396 e. The maximum absolute atomic E-state index is 12.8. The van der Waals surface area contributed by atoms with E-state index in [1.807, 2.05) is 6.92 Å². The van der Waals surface area contributed by atoms with Gasteiger partial charge in [-0.25, -0.2) is 8.42 Å². The smallest absolute Gasteiger partial charge is 0.247 e. The van der Waals surface area contributed by atoms with Gasteiger partial charge in [0.25, 0.3) is 0 Å². The van der Waals surface area contributed by atoms with Gasteiger partial charge >= 0.3 is 0 Å². The molecule has 0 aromatic carbocycles. The Bertz CT molecular complexity index is 614. The Morgan fingerprint density at radius 3 is 2.62 bits per heavy atom. The highest BCUT2D eigenvalue weighted by atomic mass is 32.2. The lowest BCUT2D eigenvalue weighted by Crippen LogP contribution is -2.33. The van der Waals surface area contributed by atoms with Crippen LogP contribution < -0.4 is 0 Å². The second-order valence-electron chi connectivity index (χ2n) is 4.84. The quantitative estimate of drug-likeness (QED) is 0.724. The van der Waals surface area contributed by atoms with E-state index in [1.165, 1.54) is 4.31 Å². The third-order valence-electron chi connectivity index (χ3n) is 3.18. The Balaban J connectivity index is 3.24. The molecule has 0 aliphatic heterocycles. The normalized spacial score (nSPS) is 11.8. The molecule has 0 unspecified atom stereocenters.